The van der Waals surface area contributed by atoms with Crippen molar-refractivity contribution in [3.63, 3.8) is 0 Å². The number of carbonyl (C=O) groups excluding carboxylic acids is 1. The summed E-state index contributed by atoms with van der Waals surface area (Å²) in [5.41, 5.74) is 3.91. The van der Waals surface area contributed by atoms with Crippen LogP contribution in [0.5, 0.6) is 0 Å². The van der Waals surface area contributed by atoms with E-state index < -0.39 is 0 Å². The number of nitrogens with one attached hydrogen (secondary N) is 2. The molecule has 1 unspecified atom stereocenters. The molecule has 4 heterocycles. The van der Waals surface area contributed by atoms with Crippen LogP contribution in [-0.4, -0.2) is 35.1 Å². The zero-order valence-corrected chi connectivity index (χ0v) is 19.0. The van der Waals surface area contributed by atoms with E-state index in [4.69, 9.17) is 9.72 Å². The third-order valence-electron chi connectivity index (χ3n) is 6.69. The summed E-state index contributed by atoms with van der Waals surface area (Å²) in [6.45, 7) is 2.27. The molecule has 2 saturated heterocycles. The predicted octanol–water partition coefficient (Wildman–Crippen LogP) is 5.14. The van der Waals surface area contributed by atoms with Crippen LogP contribution in [0.25, 0.3) is 26.4 Å². The summed E-state index contributed by atoms with van der Waals surface area (Å²) in [6.07, 6.45) is 5.58. The number of aromatic nitrogens is 2. The van der Waals surface area contributed by atoms with E-state index in [2.05, 4.69) is 10.6 Å². The fourth-order valence-electron chi connectivity index (χ4n) is 4.84. The topological polar surface area (TPSA) is 67.7 Å². The lowest BCUT2D eigenvalue weighted by molar-refractivity contribution is -0.122. The van der Waals surface area contributed by atoms with Crippen molar-refractivity contribution in [1.29, 1.82) is 0 Å². The molecule has 4 aromatic rings. The Kier molecular flexibility index (Phi) is 5.36. The van der Waals surface area contributed by atoms with Crippen LogP contribution in [0, 0.1) is 11.7 Å². The van der Waals surface area contributed by atoms with E-state index in [0.29, 0.717) is 24.5 Å². The molecular formula is C25H25FN4O2S. The molecule has 8 heteroatoms. The monoisotopic (exact) mass is 464 g/mol. The quantitative estimate of drug-likeness (QED) is 0.439. The molecule has 2 aliphatic heterocycles. The molecule has 0 saturated carbocycles. The van der Waals surface area contributed by atoms with Gasteiger partial charge in [0.05, 0.1) is 15.9 Å². The number of hydrogen-bond donors (Lipinski definition) is 2. The first-order valence-electron chi connectivity index (χ1n) is 11.5. The number of halogens is 1. The van der Waals surface area contributed by atoms with E-state index in [1.54, 1.807) is 6.07 Å². The van der Waals surface area contributed by atoms with Gasteiger partial charge in [-0.25, -0.2) is 9.37 Å². The van der Waals surface area contributed by atoms with Gasteiger partial charge in [0.15, 0.2) is 4.96 Å². The highest BCUT2D eigenvalue weighted by Gasteiger charge is 2.22. The molecule has 2 fully saturated rings. The molecule has 6 rings (SSSR count). The van der Waals surface area contributed by atoms with Crippen LogP contribution in [0.15, 0.2) is 42.6 Å². The lowest BCUT2D eigenvalue weighted by Crippen LogP contribution is -2.28. The van der Waals surface area contributed by atoms with Crippen LogP contribution in [0.4, 0.5) is 10.1 Å². The molecule has 33 heavy (non-hydrogen) atoms. The number of amides is 1. The number of benzene rings is 2. The fourth-order valence-corrected chi connectivity index (χ4v) is 5.88. The first kappa shape index (κ1) is 20.8. The second-order valence-electron chi connectivity index (χ2n) is 8.83. The number of ether oxygens (including phenoxy) is 1. The van der Waals surface area contributed by atoms with Gasteiger partial charge in [0.2, 0.25) is 5.91 Å². The van der Waals surface area contributed by atoms with E-state index in [1.165, 1.54) is 11.3 Å². The summed E-state index contributed by atoms with van der Waals surface area (Å²) >= 11 is 1.53. The molecule has 0 radical (unpaired) electrons. The average molecular weight is 465 g/mol. The summed E-state index contributed by atoms with van der Waals surface area (Å²) in [5, 5.41) is 6.46. The molecule has 0 bridgehead atoms. The van der Waals surface area contributed by atoms with Crippen LogP contribution in [0.3, 0.4) is 0 Å². The number of rotatable bonds is 4. The molecule has 1 amide bonds. The van der Waals surface area contributed by atoms with Crippen molar-refractivity contribution < 1.29 is 13.9 Å². The highest BCUT2D eigenvalue weighted by atomic mass is 32.1. The molecule has 2 aromatic carbocycles. The minimum atomic E-state index is -0.241. The minimum absolute atomic E-state index is 0.00314. The minimum Gasteiger partial charge on any atom is -0.381 e. The molecule has 2 aromatic heterocycles. The Hall–Kier alpha value is -2.81. The molecule has 2 aliphatic rings. The second kappa shape index (κ2) is 8.52. The Labute approximate surface area is 194 Å². The van der Waals surface area contributed by atoms with Gasteiger partial charge in [-0.1, -0.05) is 17.4 Å². The van der Waals surface area contributed by atoms with Gasteiger partial charge < -0.3 is 15.4 Å². The maximum absolute atomic E-state index is 14.9. The predicted molar refractivity (Wildman–Crippen MR) is 128 cm³/mol. The first-order chi connectivity index (χ1) is 16.2. The second-order valence-corrected chi connectivity index (χ2v) is 9.84. The van der Waals surface area contributed by atoms with Crippen LogP contribution in [-0.2, 0) is 9.53 Å². The highest BCUT2D eigenvalue weighted by molar-refractivity contribution is 7.23. The maximum Gasteiger partial charge on any atom is 0.227 e. The van der Waals surface area contributed by atoms with Gasteiger partial charge in [-0.15, -0.1) is 0 Å². The first-order valence-corrected chi connectivity index (χ1v) is 12.3. The summed E-state index contributed by atoms with van der Waals surface area (Å²) in [6, 6.07) is 11.6. The van der Waals surface area contributed by atoms with E-state index >= 15 is 0 Å². The van der Waals surface area contributed by atoms with Crippen molar-refractivity contribution in [3.05, 3.63) is 54.0 Å². The van der Waals surface area contributed by atoms with Crippen molar-refractivity contribution in [2.24, 2.45) is 5.92 Å². The van der Waals surface area contributed by atoms with Crippen molar-refractivity contribution in [1.82, 2.24) is 14.7 Å². The molecule has 0 aliphatic carbocycles. The fraction of sp³-hybridized carbons (Fsp3) is 0.360. The summed E-state index contributed by atoms with van der Waals surface area (Å²) in [7, 11) is 0. The van der Waals surface area contributed by atoms with Crippen LogP contribution in [0.1, 0.15) is 37.3 Å². The lowest BCUT2D eigenvalue weighted by atomic mass is 9.99. The number of nitrogens with zero attached hydrogens (tertiary/aromatic N) is 2. The number of fused-ring (bicyclic) bond motifs is 3. The maximum atomic E-state index is 14.9. The van der Waals surface area contributed by atoms with Crippen LogP contribution >= 0.6 is 11.3 Å². The SMILES string of the molecule is O=C(Nc1ccc2c(c1)sc1nc(-c3ccc(C4CCCN4)cc3F)cn12)C1CCOCC1. The summed E-state index contributed by atoms with van der Waals surface area (Å²) in [5.74, 6) is -0.189. The molecule has 1 atom stereocenters. The van der Waals surface area contributed by atoms with Crippen molar-refractivity contribution in [3.8, 4) is 11.3 Å². The molecular weight excluding hydrogens is 439 g/mol. The van der Waals surface area contributed by atoms with Gasteiger partial charge in [-0.05, 0) is 68.1 Å². The van der Waals surface area contributed by atoms with Gasteiger partial charge in [-0.2, -0.15) is 0 Å². The Morgan fingerprint density at radius 1 is 1.18 bits per heavy atom. The van der Waals surface area contributed by atoms with E-state index in [9.17, 15) is 9.18 Å². The van der Waals surface area contributed by atoms with Gasteiger partial charge in [0, 0.05) is 42.6 Å². The normalized spacial score (nSPS) is 19.5. The van der Waals surface area contributed by atoms with E-state index in [1.807, 2.05) is 40.9 Å². The highest BCUT2D eigenvalue weighted by Crippen LogP contribution is 2.33. The smallest absolute Gasteiger partial charge is 0.227 e. The van der Waals surface area contributed by atoms with Crippen molar-refractivity contribution in [2.45, 2.75) is 31.7 Å². The number of anilines is 1. The van der Waals surface area contributed by atoms with Crippen LogP contribution < -0.4 is 10.6 Å². The van der Waals surface area contributed by atoms with Gasteiger partial charge in [-0.3, -0.25) is 9.20 Å². The van der Waals surface area contributed by atoms with Gasteiger partial charge in [0.1, 0.15) is 5.82 Å². The van der Waals surface area contributed by atoms with Crippen molar-refractivity contribution >= 4 is 38.1 Å². The molecule has 0 spiro atoms. The van der Waals surface area contributed by atoms with Gasteiger partial charge >= 0.3 is 0 Å². The number of hydrogen-bond acceptors (Lipinski definition) is 5. The molecule has 6 nitrogen and oxygen atoms in total. The average Bonchev–Trinajstić information content (AvgIpc) is 3.56. The number of carbonyl (C=O) groups is 1. The Morgan fingerprint density at radius 3 is 2.85 bits per heavy atom. The summed E-state index contributed by atoms with van der Waals surface area (Å²) in [4.78, 5) is 18.0. The largest absolute Gasteiger partial charge is 0.381 e. The van der Waals surface area contributed by atoms with E-state index in [-0.39, 0.29) is 23.7 Å². The molecule has 2 N–H and O–H groups in total. The zero-order chi connectivity index (χ0) is 22.4. The lowest BCUT2D eigenvalue weighted by Gasteiger charge is -2.21. The molecule has 170 valence electrons. The Bertz CT molecular complexity index is 1340. The summed E-state index contributed by atoms with van der Waals surface area (Å²) < 4.78 is 23.3. The number of imidazole rings is 1. The van der Waals surface area contributed by atoms with Gasteiger partial charge in [0.25, 0.3) is 0 Å². The third-order valence-corrected chi connectivity index (χ3v) is 7.70. The standard InChI is InChI=1S/C25H25FN4O2S/c26-19-12-16(20-2-1-9-27-20)3-5-18(19)21-14-30-22-6-4-17(13-23(22)33-25(30)29-21)28-24(31)15-7-10-32-11-8-15/h3-6,12-15,20,27H,1-2,7-11H2,(H,28,31). The Balaban J connectivity index is 1.26. The third kappa shape index (κ3) is 3.92. The zero-order valence-electron chi connectivity index (χ0n) is 18.1. The van der Waals surface area contributed by atoms with Crippen molar-refractivity contribution in [2.75, 3.05) is 25.1 Å². The number of thiazole rings is 1. The van der Waals surface area contributed by atoms with Crippen LogP contribution in [0.2, 0.25) is 0 Å². The van der Waals surface area contributed by atoms with E-state index in [0.717, 1.165) is 58.7 Å². The Morgan fingerprint density at radius 2 is 2.06 bits per heavy atom.